The third kappa shape index (κ3) is 3.92. The Morgan fingerprint density at radius 2 is 1.76 bits per heavy atom. The first kappa shape index (κ1) is 19.6. The van der Waals surface area contributed by atoms with Crippen LogP contribution >= 0.6 is 11.3 Å². The molecular weight excluding hydrogens is 384 g/mol. The minimum absolute atomic E-state index is 0.138. The van der Waals surface area contributed by atoms with Gasteiger partial charge in [-0.05, 0) is 30.0 Å². The molecule has 0 aromatic carbocycles. The molecule has 29 heavy (non-hydrogen) atoms. The monoisotopic (exact) mass is 410 g/mol. The summed E-state index contributed by atoms with van der Waals surface area (Å²) in [6.45, 7) is 5.56. The Labute approximate surface area is 175 Å². The Balaban J connectivity index is 1.56. The molecule has 4 heterocycles. The summed E-state index contributed by atoms with van der Waals surface area (Å²) in [5.74, 6) is 0.672. The SMILES string of the molecule is CCCCCN1C(=O)C(c2cccs2)=C(N2CCN(c3ccccn3)CC2)C1=O. The minimum Gasteiger partial charge on any atom is -0.363 e. The van der Waals surface area contributed by atoms with Gasteiger partial charge >= 0.3 is 0 Å². The number of hydrogen-bond donors (Lipinski definition) is 0. The van der Waals surface area contributed by atoms with Gasteiger partial charge in [-0.15, -0.1) is 11.3 Å². The quantitative estimate of drug-likeness (QED) is 0.518. The number of nitrogens with zero attached hydrogens (tertiary/aromatic N) is 4. The van der Waals surface area contributed by atoms with Crippen LogP contribution in [0, 0.1) is 0 Å². The van der Waals surface area contributed by atoms with Crippen molar-refractivity contribution in [3.05, 3.63) is 52.5 Å². The molecule has 0 spiro atoms. The normalized spacial score (nSPS) is 17.6. The minimum atomic E-state index is -0.143. The first-order valence-electron chi connectivity index (χ1n) is 10.3. The van der Waals surface area contributed by atoms with Gasteiger partial charge in [0, 0.05) is 43.8 Å². The van der Waals surface area contributed by atoms with E-state index in [0.29, 0.717) is 30.9 Å². The highest BCUT2D eigenvalue weighted by Crippen LogP contribution is 2.34. The van der Waals surface area contributed by atoms with E-state index in [1.54, 1.807) is 6.20 Å². The molecule has 6 nitrogen and oxygen atoms in total. The molecule has 0 radical (unpaired) electrons. The fourth-order valence-electron chi connectivity index (χ4n) is 3.92. The fourth-order valence-corrected chi connectivity index (χ4v) is 4.69. The highest BCUT2D eigenvalue weighted by atomic mass is 32.1. The molecule has 1 fully saturated rings. The Bertz CT molecular complexity index is 887. The van der Waals surface area contributed by atoms with Gasteiger partial charge in [0.05, 0.1) is 5.57 Å². The molecule has 2 amide bonds. The van der Waals surface area contributed by atoms with E-state index in [2.05, 4.69) is 21.7 Å². The number of pyridine rings is 1. The molecule has 2 aliphatic heterocycles. The molecule has 1 saturated heterocycles. The van der Waals surface area contributed by atoms with Gasteiger partial charge in [-0.2, -0.15) is 0 Å². The van der Waals surface area contributed by atoms with Gasteiger partial charge in [0.15, 0.2) is 0 Å². The summed E-state index contributed by atoms with van der Waals surface area (Å²) in [7, 11) is 0. The summed E-state index contributed by atoms with van der Waals surface area (Å²) in [6, 6.07) is 9.77. The Morgan fingerprint density at radius 3 is 2.41 bits per heavy atom. The van der Waals surface area contributed by atoms with Gasteiger partial charge in [-0.3, -0.25) is 14.5 Å². The molecule has 7 heteroatoms. The van der Waals surface area contributed by atoms with E-state index < -0.39 is 0 Å². The van der Waals surface area contributed by atoms with Crippen molar-refractivity contribution in [2.45, 2.75) is 26.2 Å². The smallest absolute Gasteiger partial charge is 0.277 e. The lowest BCUT2D eigenvalue weighted by atomic mass is 10.1. The number of hydrogen-bond acceptors (Lipinski definition) is 6. The lowest BCUT2D eigenvalue weighted by Gasteiger charge is -2.37. The number of piperazine rings is 1. The van der Waals surface area contributed by atoms with Crippen LogP contribution in [0.15, 0.2) is 47.6 Å². The van der Waals surface area contributed by atoms with Gasteiger partial charge in [-0.1, -0.05) is 31.9 Å². The van der Waals surface area contributed by atoms with Crippen LogP contribution in [0.5, 0.6) is 0 Å². The summed E-state index contributed by atoms with van der Waals surface area (Å²) >= 11 is 1.52. The summed E-state index contributed by atoms with van der Waals surface area (Å²) in [4.78, 5) is 37.5. The van der Waals surface area contributed by atoms with Crippen molar-refractivity contribution >= 4 is 34.5 Å². The first-order valence-corrected chi connectivity index (χ1v) is 11.1. The highest BCUT2D eigenvalue weighted by Gasteiger charge is 2.42. The number of thiophene rings is 1. The summed E-state index contributed by atoms with van der Waals surface area (Å²) in [5, 5.41) is 1.95. The summed E-state index contributed by atoms with van der Waals surface area (Å²) in [6.07, 6.45) is 4.73. The van der Waals surface area contributed by atoms with E-state index in [0.717, 1.165) is 43.0 Å². The Hall–Kier alpha value is -2.67. The number of imide groups is 1. The Kier molecular flexibility index (Phi) is 5.94. The molecule has 0 saturated carbocycles. The van der Waals surface area contributed by atoms with E-state index in [9.17, 15) is 9.59 Å². The predicted molar refractivity (Wildman–Crippen MR) is 116 cm³/mol. The number of aromatic nitrogens is 1. The van der Waals surface area contributed by atoms with Gasteiger partial charge < -0.3 is 9.80 Å². The average Bonchev–Trinajstić information content (AvgIpc) is 3.37. The number of amides is 2. The molecule has 0 bridgehead atoms. The molecule has 0 atom stereocenters. The second-order valence-electron chi connectivity index (χ2n) is 7.33. The molecule has 2 aromatic rings. The third-order valence-corrected chi connectivity index (χ3v) is 6.35. The van der Waals surface area contributed by atoms with Crippen molar-refractivity contribution in [2.75, 3.05) is 37.6 Å². The standard InChI is InChI=1S/C22H26N4O2S/c1-2-3-6-11-26-21(27)19(17-8-7-16-29-17)20(22(26)28)25-14-12-24(13-15-25)18-9-4-5-10-23-18/h4-5,7-10,16H,2-3,6,11-15H2,1H3. The molecule has 0 aliphatic carbocycles. The van der Waals surface area contributed by atoms with Gasteiger partial charge in [0.1, 0.15) is 11.5 Å². The van der Waals surface area contributed by atoms with Crippen LogP contribution in [0.4, 0.5) is 5.82 Å². The number of unbranched alkanes of at least 4 members (excludes halogenated alkanes) is 2. The maximum atomic E-state index is 13.3. The molecule has 0 unspecified atom stereocenters. The zero-order valence-electron chi connectivity index (χ0n) is 16.7. The first-order chi connectivity index (χ1) is 14.2. The van der Waals surface area contributed by atoms with Gasteiger partial charge in [0.25, 0.3) is 11.8 Å². The van der Waals surface area contributed by atoms with Crippen molar-refractivity contribution in [2.24, 2.45) is 0 Å². The maximum absolute atomic E-state index is 13.3. The zero-order chi connectivity index (χ0) is 20.2. The fraction of sp³-hybridized carbons (Fsp3) is 0.409. The zero-order valence-corrected chi connectivity index (χ0v) is 17.5. The molecule has 152 valence electrons. The second kappa shape index (κ2) is 8.78. The topological polar surface area (TPSA) is 56.8 Å². The van der Waals surface area contributed by atoms with Crippen LogP contribution in [-0.4, -0.2) is 59.3 Å². The van der Waals surface area contributed by atoms with Crippen LogP contribution in [0.1, 0.15) is 31.1 Å². The summed E-state index contributed by atoms with van der Waals surface area (Å²) in [5.41, 5.74) is 1.16. The third-order valence-electron chi connectivity index (χ3n) is 5.47. The number of rotatable bonds is 7. The summed E-state index contributed by atoms with van der Waals surface area (Å²) < 4.78 is 0. The lowest BCUT2D eigenvalue weighted by Crippen LogP contribution is -2.48. The predicted octanol–water partition coefficient (Wildman–Crippen LogP) is 3.24. The van der Waals surface area contributed by atoms with E-state index in [4.69, 9.17) is 0 Å². The highest BCUT2D eigenvalue weighted by molar-refractivity contribution is 7.11. The van der Waals surface area contributed by atoms with Crippen LogP contribution in [0.3, 0.4) is 0 Å². The van der Waals surface area contributed by atoms with Crippen molar-refractivity contribution in [3.8, 4) is 0 Å². The maximum Gasteiger partial charge on any atom is 0.277 e. The van der Waals surface area contributed by atoms with Crippen LogP contribution in [0.25, 0.3) is 5.57 Å². The molecular formula is C22H26N4O2S. The van der Waals surface area contributed by atoms with E-state index in [1.807, 2.05) is 35.7 Å². The van der Waals surface area contributed by atoms with Gasteiger partial charge in [-0.25, -0.2) is 4.98 Å². The largest absolute Gasteiger partial charge is 0.363 e. The van der Waals surface area contributed by atoms with Gasteiger partial charge in [0.2, 0.25) is 0 Å². The average molecular weight is 411 g/mol. The van der Waals surface area contributed by atoms with Crippen LogP contribution in [-0.2, 0) is 9.59 Å². The molecule has 4 rings (SSSR count). The Morgan fingerprint density at radius 1 is 0.966 bits per heavy atom. The van der Waals surface area contributed by atoms with Crippen molar-refractivity contribution in [1.29, 1.82) is 0 Å². The molecule has 2 aromatic heterocycles. The van der Waals surface area contributed by atoms with Crippen molar-refractivity contribution < 1.29 is 9.59 Å². The van der Waals surface area contributed by atoms with Crippen LogP contribution in [0.2, 0.25) is 0 Å². The lowest BCUT2D eigenvalue weighted by molar-refractivity contribution is -0.137. The van der Waals surface area contributed by atoms with Crippen LogP contribution < -0.4 is 4.90 Å². The van der Waals surface area contributed by atoms with E-state index in [-0.39, 0.29) is 11.8 Å². The second-order valence-corrected chi connectivity index (χ2v) is 8.28. The van der Waals surface area contributed by atoms with Crippen molar-refractivity contribution in [3.63, 3.8) is 0 Å². The van der Waals surface area contributed by atoms with E-state index in [1.165, 1.54) is 16.2 Å². The van der Waals surface area contributed by atoms with E-state index >= 15 is 0 Å². The number of anilines is 1. The number of carbonyl (C=O) groups is 2. The molecule has 0 N–H and O–H groups in total. The van der Waals surface area contributed by atoms with Crippen molar-refractivity contribution in [1.82, 2.24) is 14.8 Å². The number of carbonyl (C=O) groups excluding carboxylic acids is 2. The molecule has 2 aliphatic rings.